The molecule has 0 aromatic heterocycles. The molecule has 1 amide bonds. The molecule has 0 radical (unpaired) electrons. The van der Waals surface area contributed by atoms with Crippen LogP contribution in [0, 0.1) is 5.92 Å². The Morgan fingerprint density at radius 1 is 1.56 bits per heavy atom. The minimum atomic E-state index is -0.850. The summed E-state index contributed by atoms with van der Waals surface area (Å²) in [6.07, 6.45) is 1.32. The highest BCUT2D eigenvalue weighted by atomic mass is 16.4. The van der Waals surface area contributed by atoms with Gasteiger partial charge in [-0.05, 0) is 32.2 Å². The van der Waals surface area contributed by atoms with Gasteiger partial charge in [-0.25, -0.2) is 0 Å². The summed E-state index contributed by atoms with van der Waals surface area (Å²) in [6, 6.07) is -0.118. The summed E-state index contributed by atoms with van der Waals surface area (Å²) in [5.74, 6) is -0.373. The lowest BCUT2D eigenvalue weighted by Gasteiger charge is -2.30. The Morgan fingerprint density at radius 2 is 2.22 bits per heavy atom. The number of rotatable bonds is 5. The topological polar surface area (TPSA) is 69.6 Å². The first kappa shape index (κ1) is 15.0. The van der Waals surface area contributed by atoms with Crippen LogP contribution in [0.2, 0.25) is 0 Å². The van der Waals surface area contributed by atoms with Gasteiger partial charge in [0.2, 0.25) is 5.91 Å². The van der Waals surface area contributed by atoms with Gasteiger partial charge in [-0.15, -0.1) is 0 Å². The Balaban J connectivity index is 2.69. The van der Waals surface area contributed by atoms with Crippen LogP contribution in [0.1, 0.15) is 40.0 Å². The van der Waals surface area contributed by atoms with Crippen molar-refractivity contribution in [1.82, 2.24) is 10.2 Å². The van der Waals surface area contributed by atoms with Crippen molar-refractivity contribution < 1.29 is 14.7 Å². The smallest absolute Gasteiger partial charge is 0.303 e. The molecule has 2 N–H and O–H groups in total. The molecule has 1 heterocycles. The Kier molecular flexibility index (Phi) is 5.59. The summed E-state index contributed by atoms with van der Waals surface area (Å²) < 4.78 is 0. The Hall–Kier alpha value is -1.10. The van der Waals surface area contributed by atoms with E-state index in [1.165, 1.54) is 0 Å². The van der Waals surface area contributed by atoms with E-state index in [1.807, 2.05) is 4.90 Å². The van der Waals surface area contributed by atoms with Crippen LogP contribution in [0.3, 0.4) is 0 Å². The van der Waals surface area contributed by atoms with Crippen molar-refractivity contribution in [3.63, 3.8) is 0 Å². The number of hydrogen-bond acceptors (Lipinski definition) is 3. The predicted octanol–water partition coefficient (Wildman–Crippen LogP) is 1.09. The van der Waals surface area contributed by atoms with E-state index in [2.05, 4.69) is 26.1 Å². The number of nitrogens with one attached hydrogen (secondary N) is 1. The molecule has 2 unspecified atom stereocenters. The van der Waals surface area contributed by atoms with Crippen LogP contribution in [0.5, 0.6) is 0 Å². The van der Waals surface area contributed by atoms with Crippen LogP contribution in [0.4, 0.5) is 0 Å². The van der Waals surface area contributed by atoms with Gasteiger partial charge in [-0.3, -0.25) is 9.59 Å². The molecule has 1 aliphatic heterocycles. The third-order valence-corrected chi connectivity index (χ3v) is 3.27. The molecule has 2 atom stereocenters. The zero-order valence-corrected chi connectivity index (χ0v) is 11.5. The number of carbonyl (C=O) groups excluding carboxylic acids is 1. The van der Waals surface area contributed by atoms with Gasteiger partial charge >= 0.3 is 5.97 Å². The third-order valence-electron chi connectivity index (χ3n) is 3.27. The lowest BCUT2D eigenvalue weighted by Crippen LogP contribution is -2.47. The van der Waals surface area contributed by atoms with Crippen LogP contribution >= 0.6 is 0 Å². The van der Waals surface area contributed by atoms with E-state index in [0.717, 1.165) is 19.5 Å². The van der Waals surface area contributed by atoms with Crippen molar-refractivity contribution in [2.24, 2.45) is 5.92 Å². The van der Waals surface area contributed by atoms with Crippen LogP contribution in [-0.2, 0) is 9.59 Å². The molecule has 0 bridgehead atoms. The fourth-order valence-corrected chi connectivity index (χ4v) is 2.28. The van der Waals surface area contributed by atoms with Crippen molar-refractivity contribution in [3.05, 3.63) is 0 Å². The molecule has 0 saturated carbocycles. The molecule has 0 aromatic rings. The van der Waals surface area contributed by atoms with Gasteiger partial charge in [0.25, 0.3) is 0 Å². The first-order valence-corrected chi connectivity index (χ1v) is 6.67. The zero-order valence-electron chi connectivity index (χ0n) is 11.5. The average molecular weight is 256 g/mol. The SMILES string of the molecule is CC(C)CN1C(=O)C(CCC(=O)O)NCCC1C. The highest BCUT2D eigenvalue weighted by Crippen LogP contribution is 2.15. The van der Waals surface area contributed by atoms with Gasteiger partial charge in [-0.1, -0.05) is 13.8 Å². The minimum Gasteiger partial charge on any atom is -0.481 e. The van der Waals surface area contributed by atoms with E-state index in [0.29, 0.717) is 12.3 Å². The maximum atomic E-state index is 12.4. The van der Waals surface area contributed by atoms with Crippen LogP contribution in [-0.4, -0.2) is 47.1 Å². The molecule has 18 heavy (non-hydrogen) atoms. The average Bonchev–Trinajstić information content (AvgIpc) is 2.39. The quantitative estimate of drug-likeness (QED) is 0.772. The molecular formula is C13H24N2O3. The van der Waals surface area contributed by atoms with Crippen LogP contribution in [0.15, 0.2) is 0 Å². The highest BCUT2D eigenvalue weighted by molar-refractivity contribution is 5.83. The molecule has 5 heteroatoms. The normalized spacial score (nSPS) is 25.3. The van der Waals surface area contributed by atoms with Gasteiger partial charge in [0.1, 0.15) is 0 Å². The molecule has 0 aromatic carbocycles. The van der Waals surface area contributed by atoms with Crippen molar-refractivity contribution in [2.45, 2.75) is 52.1 Å². The maximum absolute atomic E-state index is 12.4. The predicted molar refractivity (Wildman–Crippen MR) is 69.3 cm³/mol. The minimum absolute atomic E-state index is 0.0350. The monoisotopic (exact) mass is 256 g/mol. The second-order valence-corrected chi connectivity index (χ2v) is 5.46. The number of carbonyl (C=O) groups is 2. The number of carboxylic acid groups (broad SMARTS) is 1. The highest BCUT2D eigenvalue weighted by Gasteiger charge is 2.30. The summed E-state index contributed by atoms with van der Waals surface area (Å²) in [4.78, 5) is 24.9. The number of nitrogens with zero attached hydrogens (tertiary/aromatic N) is 1. The molecule has 0 aliphatic carbocycles. The molecule has 0 spiro atoms. The second-order valence-electron chi connectivity index (χ2n) is 5.46. The summed E-state index contributed by atoms with van der Waals surface area (Å²) in [5.41, 5.74) is 0. The lowest BCUT2D eigenvalue weighted by atomic mass is 10.1. The van der Waals surface area contributed by atoms with Gasteiger partial charge < -0.3 is 15.3 Å². The Labute approximate surface area is 109 Å². The number of aliphatic carboxylic acids is 1. The molecule has 1 aliphatic rings. The van der Waals surface area contributed by atoms with E-state index in [1.54, 1.807) is 0 Å². The first-order valence-electron chi connectivity index (χ1n) is 6.67. The fraction of sp³-hybridized carbons (Fsp3) is 0.846. The standard InChI is InChI=1S/C13H24N2O3/c1-9(2)8-15-10(3)6-7-14-11(13(15)18)4-5-12(16)17/h9-11,14H,4-8H2,1-3H3,(H,16,17). The van der Waals surface area contributed by atoms with E-state index < -0.39 is 5.97 Å². The van der Waals surface area contributed by atoms with Gasteiger partial charge in [-0.2, -0.15) is 0 Å². The van der Waals surface area contributed by atoms with E-state index in [-0.39, 0.29) is 24.4 Å². The lowest BCUT2D eigenvalue weighted by molar-refractivity contribution is -0.138. The summed E-state index contributed by atoms with van der Waals surface area (Å²) in [5, 5.41) is 11.9. The molecule has 104 valence electrons. The zero-order chi connectivity index (χ0) is 13.7. The number of carboxylic acids is 1. The van der Waals surface area contributed by atoms with Crippen molar-refractivity contribution in [3.8, 4) is 0 Å². The molecule has 1 saturated heterocycles. The van der Waals surface area contributed by atoms with E-state index >= 15 is 0 Å². The summed E-state index contributed by atoms with van der Waals surface area (Å²) >= 11 is 0. The molecule has 1 fully saturated rings. The van der Waals surface area contributed by atoms with Gasteiger partial charge in [0.05, 0.1) is 6.04 Å². The molecular weight excluding hydrogens is 232 g/mol. The second kappa shape index (κ2) is 6.73. The summed E-state index contributed by atoms with van der Waals surface area (Å²) in [7, 11) is 0. The van der Waals surface area contributed by atoms with Crippen LogP contribution in [0.25, 0.3) is 0 Å². The van der Waals surface area contributed by atoms with Crippen molar-refractivity contribution >= 4 is 11.9 Å². The maximum Gasteiger partial charge on any atom is 0.303 e. The number of hydrogen-bond donors (Lipinski definition) is 2. The van der Waals surface area contributed by atoms with Gasteiger partial charge in [0, 0.05) is 19.0 Å². The molecule has 5 nitrogen and oxygen atoms in total. The largest absolute Gasteiger partial charge is 0.481 e. The van der Waals surface area contributed by atoms with Crippen LogP contribution < -0.4 is 5.32 Å². The Morgan fingerprint density at radius 3 is 2.78 bits per heavy atom. The Bertz CT molecular complexity index is 305. The van der Waals surface area contributed by atoms with E-state index in [4.69, 9.17) is 5.11 Å². The van der Waals surface area contributed by atoms with Crippen molar-refractivity contribution in [1.29, 1.82) is 0 Å². The first-order chi connectivity index (χ1) is 8.41. The molecule has 1 rings (SSSR count). The third kappa shape index (κ3) is 4.29. The van der Waals surface area contributed by atoms with E-state index in [9.17, 15) is 9.59 Å². The van der Waals surface area contributed by atoms with Gasteiger partial charge in [0.15, 0.2) is 0 Å². The number of amides is 1. The summed E-state index contributed by atoms with van der Waals surface area (Å²) in [6.45, 7) is 7.74. The fourth-order valence-electron chi connectivity index (χ4n) is 2.28. The van der Waals surface area contributed by atoms with Crippen molar-refractivity contribution in [2.75, 3.05) is 13.1 Å².